The molecule has 6 heteroatoms. The normalized spacial score (nSPS) is 23.2. The van der Waals surface area contributed by atoms with Gasteiger partial charge in [0.25, 0.3) is 0 Å². The van der Waals surface area contributed by atoms with Gasteiger partial charge in [0, 0.05) is 6.04 Å². The number of ether oxygens (including phenoxy) is 1. The fourth-order valence-corrected chi connectivity index (χ4v) is 2.58. The van der Waals surface area contributed by atoms with Crippen molar-refractivity contribution in [2.75, 3.05) is 19.7 Å². The Bertz CT molecular complexity index is 362. The lowest BCUT2D eigenvalue weighted by molar-refractivity contribution is -0.159. The van der Waals surface area contributed by atoms with Crippen molar-refractivity contribution < 1.29 is 19.4 Å². The summed E-state index contributed by atoms with van der Waals surface area (Å²) in [5.74, 6) is -0.373. The molecule has 19 heavy (non-hydrogen) atoms. The molecule has 1 aliphatic heterocycles. The van der Waals surface area contributed by atoms with Gasteiger partial charge < -0.3 is 20.1 Å². The number of nitrogens with zero attached hydrogens (tertiary/aromatic N) is 1. The number of carboxylic acid groups (broad SMARTS) is 1. The van der Waals surface area contributed by atoms with Crippen LogP contribution in [0.1, 0.15) is 33.1 Å². The van der Waals surface area contributed by atoms with Crippen LogP contribution in [0, 0.1) is 5.92 Å². The second-order valence-electron chi connectivity index (χ2n) is 5.92. The predicted octanol–water partition coefficient (Wildman–Crippen LogP) is 1.06. The van der Waals surface area contributed by atoms with E-state index in [0.29, 0.717) is 19.0 Å². The fraction of sp³-hybridized carbons (Fsp3) is 0.846. The molecule has 2 aliphatic rings. The molecule has 0 aromatic carbocycles. The summed E-state index contributed by atoms with van der Waals surface area (Å²) in [5.41, 5.74) is -0.518. The summed E-state index contributed by atoms with van der Waals surface area (Å²) >= 11 is 0. The molecule has 2 fully saturated rings. The van der Waals surface area contributed by atoms with E-state index in [4.69, 9.17) is 9.84 Å². The SMILES string of the molecule is CC(NC(=O)N1CC(C)(OCC(=O)O)C1)C1CCC1. The van der Waals surface area contributed by atoms with Crippen LogP contribution in [0.15, 0.2) is 0 Å². The van der Waals surface area contributed by atoms with Crippen LogP contribution in [0.3, 0.4) is 0 Å². The summed E-state index contributed by atoms with van der Waals surface area (Å²) in [4.78, 5) is 24.1. The Morgan fingerprint density at radius 3 is 2.58 bits per heavy atom. The number of amides is 2. The summed E-state index contributed by atoms with van der Waals surface area (Å²) in [6.45, 7) is 4.45. The standard InChI is InChI=1S/C13H22N2O4/c1-9(10-4-3-5-10)14-12(18)15-7-13(2,8-15)19-6-11(16)17/h9-10H,3-8H2,1-2H3,(H,14,18)(H,16,17). The number of carboxylic acids is 1. The molecule has 0 radical (unpaired) electrons. The van der Waals surface area contributed by atoms with E-state index in [0.717, 1.165) is 0 Å². The molecule has 2 rings (SSSR count). The number of hydrogen-bond donors (Lipinski definition) is 2. The van der Waals surface area contributed by atoms with Crippen LogP contribution in [0.4, 0.5) is 4.79 Å². The minimum atomic E-state index is -0.984. The average Bonchev–Trinajstić information content (AvgIpc) is 2.19. The summed E-state index contributed by atoms with van der Waals surface area (Å²) in [6, 6.07) is 0.142. The maximum absolute atomic E-state index is 11.9. The first-order chi connectivity index (χ1) is 8.89. The minimum absolute atomic E-state index is 0.0733. The molecule has 1 aliphatic carbocycles. The predicted molar refractivity (Wildman–Crippen MR) is 68.9 cm³/mol. The molecule has 0 bridgehead atoms. The van der Waals surface area contributed by atoms with Gasteiger partial charge in [-0.2, -0.15) is 0 Å². The number of urea groups is 1. The van der Waals surface area contributed by atoms with E-state index in [-0.39, 0.29) is 18.7 Å². The highest BCUT2D eigenvalue weighted by atomic mass is 16.5. The first kappa shape index (κ1) is 14.1. The monoisotopic (exact) mass is 270 g/mol. The third kappa shape index (κ3) is 3.37. The van der Waals surface area contributed by atoms with Gasteiger partial charge in [-0.15, -0.1) is 0 Å². The van der Waals surface area contributed by atoms with E-state index < -0.39 is 11.6 Å². The van der Waals surface area contributed by atoms with Crippen LogP contribution in [-0.4, -0.2) is 53.3 Å². The van der Waals surface area contributed by atoms with Crippen LogP contribution < -0.4 is 5.32 Å². The van der Waals surface area contributed by atoms with Gasteiger partial charge >= 0.3 is 12.0 Å². The molecule has 6 nitrogen and oxygen atoms in total. The summed E-state index contributed by atoms with van der Waals surface area (Å²) in [7, 11) is 0. The quantitative estimate of drug-likeness (QED) is 0.783. The van der Waals surface area contributed by atoms with Gasteiger partial charge in [0.2, 0.25) is 0 Å². The number of carbonyl (C=O) groups excluding carboxylic acids is 1. The maximum atomic E-state index is 11.9. The second kappa shape index (κ2) is 5.36. The van der Waals surface area contributed by atoms with E-state index in [9.17, 15) is 9.59 Å². The molecule has 1 saturated carbocycles. The van der Waals surface area contributed by atoms with Crippen LogP contribution in [0.5, 0.6) is 0 Å². The van der Waals surface area contributed by atoms with Gasteiger partial charge in [-0.1, -0.05) is 6.42 Å². The topological polar surface area (TPSA) is 78.9 Å². The Balaban J connectivity index is 1.70. The van der Waals surface area contributed by atoms with Gasteiger partial charge in [0.1, 0.15) is 12.2 Å². The van der Waals surface area contributed by atoms with E-state index in [1.54, 1.807) is 4.90 Å². The first-order valence-corrected chi connectivity index (χ1v) is 6.81. The average molecular weight is 270 g/mol. The zero-order valence-corrected chi connectivity index (χ0v) is 11.5. The highest BCUT2D eigenvalue weighted by Gasteiger charge is 2.43. The summed E-state index contributed by atoms with van der Waals surface area (Å²) in [6.07, 6.45) is 3.65. The fourth-order valence-electron chi connectivity index (χ4n) is 2.58. The Hall–Kier alpha value is -1.30. The van der Waals surface area contributed by atoms with Gasteiger partial charge in [-0.25, -0.2) is 9.59 Å². The highest BCUT2D eigenvalue weighted by Crippen LogP contribution is 2.30. The molecular formula is C13H22N2O4. The van der Waals surface area contributed by atoms with Crippen LogP contribution in [0.25, 0.3) is 0 Å². The molecule has 0 spiro atoms. The van der Waals surface area contributed by atoms with Crippen molar-refractivity contribution >= 4 is 12.0 Å². The minimum Gasteiger partial charge on any atom is -0.480 e. The maximum Gasteiger partial charge on any atom is 0.329 e. The van der Waals surface area contributed by atoms with Crippen LogP contribution in [-0.2, 0) is 9.53 Å². The summed E-state index contributed by atoms with van der Waals surface area (Å²) in [5, 5.41) is 11.6. The van der Waals surface area contributed by atoms with Gasteiger partial charge in [0.05, 0.1) is 13.1 Å². The largest absolute Gasteiger partial charge is 0.480 e. The molecule has 1 atom stereocenters. The van der Waals surface area contributed by atoms with Crippen molar-refractivity contribution in [2.24, 2.45) is 5.92 Å². The Kier molecular flexibility index (Phi) is 3.99. The van der Waals surface area contributed by atoms with Crippen LogP contribution in [0.2, 0.25) is 0 Å². The van der Waals surface area contributed by atoms with Crippen molar-refractivity contribution in [3.8, 4) is 0 Å². The zero-order chi connectivity index (χ0) is 14.0. The highest BCUT2D eigenvalue weighted by molar-refractivity contribution is 5.76. The molecule has 2 amide bonds. The Morgan fingerprint density at radius 1 is 1.47 bits per heavy atom. The van der Waals surface area contributed by atoms with Crippen molar-refractivity contribution in [3.63, 3.8) is 0 Å². The third-order valence-corrected chi connectivity index (χ3v) is 4.09. The van der Waals surface area contributed by atoms with E-state index >= 15 is 0 Å². The van der Waals surface area contributed by atoms with Crippen molar-refractivity contribution in [1.29, 1.82) is 0 Å². The lowest BCUT2D eigenvalue weighted by Gasteiger charge is -2.47. The van der Waals surface area contributed by atoms with E-state index in [2.05, 4.69) is 5.32 Å². The van der Waals surface area contributed by atoms with Crippen LogP contribution >= 0.6 is 0 Å². The third-order valence-electron chi connectivity index (χ3n) is 4.09. The van der Waals surface area contributed by atoms with E-state index in [1.807, 2.05) is 13.8 Å². The molecule has 1 unspecified atom stereocenters. The first-order valence-electron chi connectivity index (χ1n) is 6.81. The number of carbonyl (C=O) groups is 2. The number of likely N-dealkylation sites (tertiary alicyclic amines) is 1. The molecule has 2 N–H and O–H groups in total. The number of rotatable bonds is 5. The Morgan fingerprint density at radius 2 is 2.11 bits per heavy atom. The lowest BCUT2D eigenvalue weighted by atomic mass is 9.80. The molecule has 108 valence electrons. The molecule has 0 aromatic heterocycles. The number of hydrogen-bond acceptors (Lipinski definition) is 3. The van der Waals surface area contributed by atoms with Gasteiger partial charge in [-0.3, -0.25) is 0 Å². The molecule has 1 saturated heterocycles. The van der Waals surface area contributed by atoms with Gasteiger partial charge in [0.15, 0.2) is 0 Å². The smallest absolute Gasteiger partial charge is 0.329 e. The van der Waals surface area contributed by atoms with Crippen molar-refractivity contribution in [2.45, 2.75) is 44.8 Å². The molecular weight excluding hydrogens is 248 g/mol. The molecule has 1 heterocycles. The van der Waals surface area contributed by atoms with Crippen molar-refractivity contribution in [1.82, 2.24) is 10.2 Å². The Labute approximate surface area is 113 Å². The summed E-state index contributed by atoms with van der Waals surface area (Å²) < 4.78 is 5.27. The zero-order valence-electron chi connectivity index (χ0n) is 11.5. The number of nitrogens with one attached hydrogen (secondary N) is 1. The second-order valence-corrected chi connectivity index (χ2v) is 5.92. The lowest BCUT2D eigenvalue weighted by Crippen LogP contribution is -2.66. The number of aliphatic carboxylic acids is 1. The van der Waals surface area contributed by atoms with Crippen molar-refractivity contribution in [3.05, 3.63) is 0 Å². The van der Waals surface area contributed by atoms with E-state index in [1.165, 1.54) is 19.3 Å². The van der Waals surface area contributed by atoms with Gasteiger partial charge in [-0.05, 0) is 32.6 Å². The molecule has 0 aromatic rings.